The highest BCUT2D eigenvalue weighted by Crippen LogP contribution is 2.23. The lowest BCUT2D eigenvalue weighted by atomic mass is 10.1. The Morgan fingerprint density at radius 1 is 1.29 bits per heavy atom. The Kier molecular flexibility index (Phi) is 1.96. The first-order valence-corrected chi connectivity index (χ1v) is 4.27. The number of benzene rings is 1. The molecule has 0 radical (unpaired) electrons. The fraction of sp³-hybridized carbons (Fsp3) is 0.200. The first kappa shape index (κ1) is 8.74. The van der Waals surface area contributed by atoms with Gasteiger partial charge in [0.25, 0.3) is 5.89 Å². The molecule has 4 heteroatoms. The van der Waals surface area contributed by atoms with Crippen LogP contribution in [0, 0.1) is 13.8 Å². The standard InChI is InChI=1S/C10H10N2O2/c1-6-5-8(3-4-9(6)13)10-11-7(2)12-14-10/h3-5,13H,1-2H3. The van der Waals surface area contributed by atoms with Crippen LogP contribution in [0.1, 0.15) is 11.4 Å². The lowest BCUT2D eigenvalue weighted by Crippen LogP contribution is -1.80. The SMILES string of the molecule is Cc1noc(-c2ccc(O)c(C)c2)n1. The van der Waals surface area contributed by atoms with E-state index in [-0.39, 0.29) is 5.75 Å². The number of phenolic OH excluding ortho intramolecular Hbond substituents is 1. The number of rotatable bonds is 1. The molecule has 4 nitrogen and oxygen atoms in total. The van der Waals surface area contributed by atoms with Crippen LogP contribution in [0.25, 0.3) is 11.5 Å². The predicted octanol–water partition coefficient (Wildman–Crippen LogP) is 2.06. The van der Waals surface area contributed by atoms with E-state index in [4.69, 9.17) is 4.52 Å². The van der Waals surface area contributed by atoms with E-state index >= 15 is 0 Å². The Hall–Kier alpha value is -1.84. The fourth-order valence-corrected chi connectivity index (χ4v) is 1.20. The Morgan fingerprint density at radius 3 is 2.64 bits per heavy atom. The highest BCUT2D eigenvalue weighted by Gasteiger charge is 2.07. The second-order valence-electron chi connectivity index (χ2n) is 3.15. The molecule has 0 unspecified atom stereocenters. The summed E-state index contributed by atoms with van der Waals surface area (Å²) in [5, 5.41) is 13.0. The molecule has 1 aromatic heterocycles. The van der Waals surface area contributed by atoms with Crippen molar-refractivity contribution in [2.24, 2.45) is 0 Å². The summed E-state index contributed by atoms with van der Waals surface area (Å²) in [6, 6.07) is 5.17. The van der Waals surface area contributed by atoms with Crippen LogP contribution in [-0.4, -0.2) is 15.2 Å². The van der Waals surface area contributed by atoms with E-state index in [2.05, 4.69) is 10.1 Å². The molecule has 14 heavy (non-hydrogen) atoms. The normalized spacial score (nSPS) is 10.4. The molecule has 1 heterocycles. The maximum atomic E-state index is 9.33. The van der Waals surface area contributed by atoms with Crippen LogP contribution in [0.4, 0.5) is 0 Å². The van der Waals surface area contributed by atoms with Crippen LogP contribution in [0.5, 0.6) is 5.75 Å². The van der Waals surface area contributed by atoms with Crippen LogP contribution in [-0.2, 0) is 0 Å². The Labute approximate surface area is 81.2 Å². The van der Waals surface area contributed by atoms with E-state index in [1.807, 2.05) is 13.0 Å². The first-order chi connectivity index (χ1) is 6.66. The molecule has 0 bridgehead atoms. The summed E-state index contributed by atoms with van der Waals surface area (Å²) in [5.74, 6) is 1.35. The number of aromatic hydroxyl groups is 1. The second kappa shape index (κ2) is 3.14. The van der Waals surface area contributed by atoms with Crippen molar-refractivity contribution in [2.75, 3.05) is 0 Å². The molecule has 1 N–H and O–H groups in total. The van der Waals surface area contributed by atoms with Gasteiger partial charge in [-0.3, -0.25) is 0 Å². The summed E-state index contributed by atoms with van der Waals surface area (Å²) in [6.45, 7) is 3.59. The van der Waals surface area contributed by atoms with Crippen molar-refractivity contribution in [3.63, 3.8) is 0 Å². The molecule has 2 aromatic rings. The minimum absolute atomic E-state index is 0.269. The Balaban J connectivity index is 2.47. The van der Waals surface area contributed by atoms with Gasteiger partial charge in [-0.15, -0.1) is 0 Å². The van der Waals surface area contributed by atoms with Crippen molar-refractivity contribution in [3.8, 4) is 17.2 Å². The molecule has 0 fully saturated rings. The molecule has 0 saturated carbocycles. The monoisotopic (exact) mass is 190 g/mol. The summed E-state index contributed by atoms with van der Waals surface area (Å²) >= 11 is 0. The van der Waals surface area contributed by atoms with Crippen LogP contribution in [0.15, 0.2) is 22.7 Å². The molecular weight excluding hydrogens is 180 g/mol. The zero-order valence-electron chi connectivity index (χ0n) is 7.98. The molecule has 0 aliphatic carbocycles. The van der Waals surface area contributed by atoms with Crippen molar-refractivity contribution in [3.05, 3.63) is 29.6 Å². The molecule has 72 valence electrons. The zero-order valence-corrected chi connectivity index (χ0v) is 7.98. The fourth-order valence-electron chi connectivity index (χ4n) is 1.20. The van der Waals surface area contributed by atoms with Gasteiger partial charge in [-0.05, 0) is 37.6 Å². The number of phenols is 1. The third kappa shape index (κ3) is 1.46. The van der Waals surface area contributed by atoms with Crippen molar-refractivity contribution < 1.29 is 9.63 Å². The number of hydrogen-bond donors (Lipinski definition) is 1. The number of hydrogen-bond acceptors (Lipinski definition) is 4. The summed E-state index contributed by atoms with van der Waals surface area (Å²) < 4.78 is 5.00. The van der Waals surface area contributed by atoms with Gasteiger partial charge in [-0.1, -0.05) is 5.16 Å². The van der Waals surface area contributed by atoms with Gasteiger partial charge in [0.15, 0.2) is 5.82 Å². The molecular formula is C10H10N2O2. The molecule has 0 atom stereocenters. The quantitative estimate of drug-likeness (QED) is 0.747. The first-order valence-electron chi connectivity index (χ1n) is 4.27. The summed E-state index contributed by atoms with van der Waals surface area (Å²) in [7, 11) is 0. The molecule has 0 saturated heterocycles. The smallest absolute Gasteiger partial charge is 0.257 e. The molecule has 2 rings (SSSR count). The summed E-state index contributed by atoms with van der Waals surface area (Å²) in [6.07, 6.45) is 0. The van der Waals surface area contributed by atoms with Crippen LogP contribution < -0.4 is 0 Å². The van der Waals surface area contributed by atoms with Gasteiger partial charge in [-0.25, -0.2) is 0 Å². The lowest BCUT2D eigenvalue weighted by molar-refractivity contribution is 0.425. The predicted molar refractivity (Wildman–Crippen MR) is 50.9 cm³/mol. The van der Waals surface area contributed by atoms with Gasteiger partial charge in [0.1, 0.15) is 5.75 Å². The van der Waals surface area contributed by atoms with Crippen LogP contribution in [0.2, 0.25) is 0 Å². The van der Waals surface area contributed by atoms with E-state index in [0.29, 0.717) is 11.7 Å². The molecule has 0 aliphatic rings. The maximum Gasteiger partial charge on any atom is 0.257 e. The Morgan fingerprint density at radius 2 is 2.07 bits per heavy atom. The van der Waals surface area contributed by atoms with Gasteiger partial charge < -0.3 is 9.63 Å². The average molecular weight is 190 g/mol. The van der Waals surface area contributed by atoms with Gasteiger partial charge in [0.2, 0.25) is 0 Å². The molecule has 1 aromatic carbocycles. The van der Waals surface area contributed by atoms with E-state index in [1.165, 1.54) is 0 Å². The number of aryl methyl sites for hydroxylation is 2. The van der Waals surface area contributed by atoms with E-state index in [9.17, 15) is 5.11 Å². The largest absolute Gasteiger partial charge is 0.508 e. The van der Waals surface area contributed by atoms with E-state index in [0.717, 1.165) is 11.1 Å². The average Bonchev–Trinajstić information content (AvgIpc) is 2.57. The van der Waals surface area contributed by atoms with Crippen molar-refractivity contribution in [2.45, 2.75) is 13.8 Å². The highest BCUT2D eigenvalue weighted by atomic mass is 16.5. The van der Waals surface area contributed by atoms with Crippen LogP contribution >= 0.6 is 0 Å². The van der Waals surface area contributed by atoms with Crippen molar-refractivity contribution >= 4 is 0 Å². The second-order valence-corrected chi connectivity index (χ2v) is 3.15. The van der Waals surface area contributed by atoms with E-state index < -0.39 is 0 Å². The van der Waals surface area contributed by atoms with Gasteiger partial charge in [0.05, 0.1) is 0 Å². The summed E-state index contributed by atoms with van der Waals surface area (Å²) in [5.41, 5.74) is 1.61. The Bertz CT molecular complexity index is 463. The summed E-state index contributed by atoms with van der Waals surface area (Å²) in [4.78, 5) is 4.09. The zero-order chi connectivity index (χ0) is 10.1. The third-order valence-corrected chi connectivity index (χ3v) is 1.97. The molecule has 0 spiro atoms. The molecule has 0 aliphatic heterocycles. The molecule has 0 amide bonds. The third-order valence-electron chi connectivity index (χ3n) is 1.97. The number of aromatic nitrogens is 2. The van der Waals surface area contributed by atoms with E-state index in [1.54, 1.807) is 19.1 Å². The van der Waals surface area contributed by atoms with Gasteiger partial charge in [-0.2, -0.15) is 4.98 Å². The number of nitrogens with zero attached hydrogens (tertiary/aromatic N) is 2. The van der Waals surface area contributed by atoms with Crippen LogP contribution in [0.3, 0.4) is 0 Å². The van der Waals surface area contributed by atoms with Gasteiger partial charge >= 0.3 is 0 Å². The highest BCUT2D eigenvalue weighted by molar-refractivity contribution is 5.56. The van der Waals surface area contributed by atoms with Crippen molar-refractivity contribution in [1.29, 1.82) is 0 Å². The van der Waals surface area contributed by atoms with Gasteiger partial charge in [0, 0.05) is 5.56 Å². The maximum absolute atomic E-state index is 9.33. The van der Waals surface area contributed by atoms with Crippen molar-refractivity contribution in [1.82, 2.24) is 10.1 Å². The topological polar surface area (TPSA) is 59.2 Å². The minimum Gasteiger partial charge on any atom is -0.508 e. The minimum atomic E-state index is 0.269. The lowest BCUT2D eigenvalue weighted by Gasteiger charge is -1.99.